The van der Waals surface area contributed by atoms with Gasteiger partial charge in [-0.25, -0.2) is 8.78 Å². The maximum absolute atomic E-state index is 14.0. The van der Waals surface area contributed by atoms with Crippen molar-refractivity contribution in [2.45, 2.75) is 31.1 Å². The van der Waals surface area contributed by atoms with E-state index in [9.17, 15) is 22.0 Å². The highest BCUT2D eigenvalue weighted by Gasteiger charge is 2.34. The first kappa shape index (κ1) is 23.9. The van der Waals surface area contributed by atoms with E-state index in [1.54, 1.807) is 7.05 Å². The van der Waals surface area contributed by atoms with E-state index < -0.39 is 24.4 Å². The molecule has 2 fully saturated rings. The van der Waals surface area contributed by atoms with Gasteiger partial charge < -0.3 is 15.5 Å². The molecule has 0 saturated carbocycles. The van der Waals surface area contributed by atoms with Crippen LogP contribution in [0.15, 0.2) is 23.2 Å². The summed E-state index contributed by atoms with van der Waals surface area (Å²) in [5.41, 5.74) is 0.354. The van der Waals surface area contributed by atoms with Gasteiger partial charge in [-0.15, -0.1) is 24.0 Å². The van der Waals surface area contributed by atoms with Crippen LogP contribution in [-0.2, 0) is 0 Å². The topological polar surface area (TPSA) is 42.9 Å². The van der Waals surface area contributed by atoms with Crippen LogP contribution in [0.4, 0.5) is 27.6 Å². The Kier molecular flexibility index (Phi) is 8.32. The van der Waals surface area contributed by atoms with Gasteiger partial charge in [0.1, 0.15) is 11.6 Å². The van der Waals surface area contributed by atoms with Gasteiger partial charge in [0, 0.05) is 51.4 Å². The average Bonchev–Trinajstić information content (AvgIpc) is 3.22. The quantitative estimate of drug-likeness (QED) is 0.271. The lowest BCUT2D eigenvalue weighted by molar-refractivity contribution is -0.143. The van der Waals surface area contributed by atoms with Crippen LogP contribution in [0.2, 0.25) is 0 Å². The van der Waals surface area contributed by atoms with E-state index in [1.807, 2.05) is 4.90 Å². The number of hydrogen-bond acceptors (Lipinski definition) is 3. The summed E-state index contributed by atoms with van der Waals surface area (Å²) < 4.78 is 64.6. The molecule has 2 saturated heterocycles. The van der Waals surface area contributed by atoms with Gasteiger partial charge in [0.15, 0.2) is 5.96 Å². The number of alkyl halides is 3. The summed E-state index contributed by atoms with van der Waals surface area (Å²) >= 11 is 0. The zero-order valence-corrected chi connectivity index (χ0v) is 18.3. The number of nitrogens with zero attached hydrogens (tertiary/aromatic N) is 3. The molecular weight excluding hydrogens is 508 g/mol. The zero-order chi connectivity index (χ0) is 20.3. The second-order valence-electron chi connectivity index (χ2n) is 7.22. The Morgan fingerprint density at radius 1 is 1.10 bits per heavy atom. The minimum absolute atomic E-state index is 0. The van der Waals surface area contributed by atoms with Crippen molar-refractivity contribution in [2.75, 3.05) is 44.7 Å². The van der Waals surface area contributed by atoms with Crippen molar-refractivity contribution in [1.29, 1.82) is 0 Å². The number of aliphatic imine (C=N–C) groups is 1. The third kappa shape index (κ3) is 6.83. The first-order valence-electron chi connectivity index (χ1n) is 9.22. The van der Waals surface area contributed by atoms with Gasteiger partial charge in [-0.1, -0.05) is 0 Å². The average molecular weight is 533 g/mol. The second-order valence-corrected chi connectivity index (χ2v) is 7.22. The number of rotatable bonds is 4. The molecule has 3 rings (SSSR count). The maximum Gasteiger partial charge on any atom is 0.401 e. The largest absolute Gasteiger partial charge is 0.401 e. The smallest absolute Gasteiger partial charge is 0.367 e. The highest BCUT2D eigenvalue weighted by Crippen LogP contribution is 2.24. The predicted molar refractivity (Wildman–Crippen MR) is 113 cm³/mol. The van der Waals surface area contributed by atoms with E-state index in [0.717, 1.165) is 12.5 Å². The minimum atomic E-state index is -4.20. The van der Waals surface area contributed by atoms with Crippen molar-refractivity contribution in [3.05, 3.63) is 29.8 Å². The van der Waals surface area contributed by atoms with E-state index in [0.29, 0.717) is 44.2 Å². The van der Waals surface area contributed by atoms with Crippen molar-refractivity contribution in [2.24, 2.45) is 4.99 Å². The summed E-state index contributed by atoms with van der Waals surface area (Å²) in [6, 6.07) is 3.41. The van der Waals surface area contributed by atoms with Crippen LogP contribution in [0.25, 0.3) is 0 Å². The zero-order valence-electron chi connectivity index (χ0n) is 16.0. The Hall–Kier alpha value is -1.37. The first-order valence-corrected chi connectivity index (χ1v) is 9.22. The van der Waals surface area contributed by atoms with Gasteiger partial charge in [0.2, 0.25) is 0 Å². The Labute approximate surface area is 183 Å². The molecule has 2 atom stereocenters. The first-order chi connectivity index (χ1) is 13.2. The summed E-state index contributed by atoms with van der Waals surface area (Å²) in [4.78, 5) is 7.36. The minimum Gasteiger partial charge on any atom is -0.367 e. The van der Waals surface area contributed by atoms with Crippen LogP contribution in [0.1, 0.15) is 12.8 Å². The highest BCUT2D eigenvalue weighted by atomic mass is 127. The molecule has 0 amide bonds. The molecule has 2 N–H and O–H groups in total. The molecule has 2 aliphatic rings. The van der Waals surface area contributed by atoms with Gasteiger partial charge in [0.25, 0.3) is 0 Å². The van der Waals surface area contributed by atoms with E-state index in [-0.39, 0.29) is 36.1 Å². The number of guanidine groups is 1. The summed E-state index contributed by atoms with van der Waals surface area (Å²) in [6.45, 7) is 0.916. The molecule has 0 aromatic heterocycles. The number of benzene rings is 1. The molecule has 0 spiro atoms. The lowest BCUT2D eigenvalue weighted by Gasteiger charge is -2.23. The highest BCUT2D eigenvalue weighted by molar-refractivity contribution is 14.0. The molecule has 29 heavy (non-hydrogen) atoms. The molecular formula is C18H25F5IN5. The normalized spacial score (nSPS) is 23.2. The fourth-order valence-corrected chi connectivity index (χ4v) is 3.74. The standard InChI is InChI=1S/C18H24F5N5.HI/c1-24-17(25-13-4-6-27(9-13)11-18(21,22)23)26-14-5-7-28(10-14)16-3-2-12(19)8-15(16)20;/h2-3,8,13-14H,4-7,9-11H2,1H3,(H2,24,25,26);1H. The van der Waals surface area contributed by atoms with Gasteiger partial charge >= 0.3 is 6.18 Å². The summed E-state index contributed by atoms with van der Waals surface area (Å²) in [5.74, 6) is -0.694. The number of likely N-dealkylation sites (tertiary alicyclic amines) is 1. The lowest BCUT2D eigenvalue weighted by Crippen LogP contribution is -2.49. The van der Waals surface area contributed by atoms with Gasteiger partial charge in [0.05, 0.1) is 12.2 Å². The van der Waals surface area contributed by atoms with Crippen molar-refractivity contribution >= 4 is 35.6 Å². The molecule has 5 nitrogen and oxygen atoms in total. The maximum atomic E-state index is 14.0. The third-order valence-electron chi connectivity index (χ3n) is 5.02. The summed E-state index contributed by atoms with van der Waals surface area (Å²) in [7, 11) is 1.60. The van der Waals surface area contributed by atoms with Gasteiger partial charge in [-0.05, 0) is 25.0 Å². The van der Waals surface area contributed by atoms with Crippen LogP contribution < -0.4 is 15.5 Å². The Morgan fingerprint density at radius 3 is 2.38 bits per heavy atom. The third-order valence-corrected chi connectivity index (χ3v) is 5.02. The molecule has 1 aromatic rings. The molecule has 164 valence electrons. The monoisotopic (exact) mass is 533 g/mol. The van der Waals surface area contributed by atoms with E-state index >= 15 is 0 Å². The van der Waals surface area contributed by atoms with Crippen LogP contribution in [0.3, 0.4) is 0 Å². The van der Waals surface area contributed by atoms with Crippen LogP contribution in [-0.4, -0.2) is 68.9 Å². The Balaban J connectivity index is 0.00000300. The van der Waals surface area contributed by atoms with Gasteiger partial charge in [-0.2, -0.15) is 13.2 Å². The lowest BCUT2D eigenvalue weighted by atomic mass is 10.2. The number of nitrogens with one attached hydrogen (secondary N) is 2. The predicted octanol–water partition coefficient (Wildman–Crippen LogP) is 2.96. The number of anilines is 1. The molecule has 0 radical (unpaired) electrons. The fraction of sp³-hybridized carbons (Fsp3) is 0.611. The number of hydrogen-bond donors (Lipinski definition) is 2. The molecule has 2 aliphatic heterocycles. The van der Waals surface area contributed by atoms with E-state index in [1.165, 1.54) is 17.0 Å². The van der Waals surface area contributed by atoms with Crippen molar-refractivity contribution in [3.8, 4) is 0 Å². The molecule has 2 heterocycles. The van der Waals surface area contributed by atoms with Gasteiger partial charge in [-0.3, -0.25) is 9.89 Å². The Morgan fingerprint density at radius 2 is 1.76 bits per heavy atom. The molecule has 2 unspecified atom stereocenters. The van der Waals surface area contributed by atoms with Crippen molar-refractivity contribution < 1.29 is 22.0 Å². The van der Waals surface area contributed by atoms with Crippen molar-refractivity contribution in [1.82, 2.24) is 15.5 Å². The second kappa shape index (κ2) is 10.1. The SMILES string of the molecule is CN=C(NC1CCN(CC(F)(F)F)C1)NC1CCN(c2ccc(F)cc2F)C1.I. The van der Waals surface area contributed by atoms with Crippen LogP contribution >= 0.6 is 24.0 Å². The summed E-state index contributed by atoms with van der Waals surface area (Å²) in [6.07, 6.45) is -2.85. The molecule has 0 aliphatic carbocycles. The molecule has 0 bridgehead atoms. The molecule has 1 aromatic carbocycles. The number of halogens is 6. The Bertz CT molecular complexity index is 714. The fourth-order valence-electron chi connectivity index (χ4n) is 3.74. The summed E-state index contributed by atoms with van der Waals surface area (Å²) in [5, 5.41) is 6.42. The van der Waals surface area contributed by atoms with Crippen LogP contribution in [0.5, 0.6) is 0 Å². The van der Waals surface area contributed by atoms with Crippen molar-refractivity contribution in [3.63, 3.8) is 0 Å². The molecule has 11 heteroatoms. The van der Waals surface area contributed by atoms with E-state index in [2.05, 4.69) is 15.6 Å². The van der Waals surface area contributed by atoms with E-state index in [4.69, 9.17) is 0 Å². The van der Waals surface area contributed by atoms with Crippen LogP contribution in [0, 0.1) is 11.6 Å².